The molecule has 100 valence electrons. The molecule has 20 heavy (non-hydrogen) atoms. The first-order chi connectivity index (χ1) is 9.66. The van der Waals surface area contributed by atoms with E-state index in [1.807, 2.05) is 6.07 Å². The number of rotatable bonds is 2. The van der Waals surface area contributed by atoms with Crippen LogP contribution in [0.3, 0.4) is 0 Å². The lowest BCUT2D eigenvalue weighted by molar-refractivity contribution is -0.123. The molecule has 5 heteroatoms. The number of benzene rings is 2. The summed E-state index contributed by atoms with van der Waals surface area (Å²) >= 11 is 0. The monoisotopic (exact) mass is 269 g/mol. The minimum Gasteiger partial charge on any atom is -0.478 e. The van der Waals surface area contributed by atoms with Crippen LogP contribution in [0.15, 0.2) is 48.5 Å². The molecule has 2 aromatic carbocycles. The van der Waals surface area contributed by atoms with Gasteiger partial charge in [0.1, 0.15) is 5.56 Å². The number of carbonyl (C=O) groups excluding carboxylic acids is 1. The van der Waals surface area contributed by atoms with Crippen LogP contribution in [-0.2, 0) is 4.79 Å². The van der Waals surface area contributed by atoms with Crippen molar-refractivity contribution < 1.29 is 19.4 Å². The molecule has 3 rings (SSSR count). The van der Waals surface area contributed by atoms with Crippen LogP contribution < -0.4 is 10.1 Å². The first kappa shape index (κ1) is 12.2. The van der Waals surface area contributed by atoms with E-state index in [2.05, 4.69) is 5.32 Å². The Morgan fingerprint density at radius 2 is 1.85 bits per heavy atom. The van der Waals surface area contributed by atoms with E-state index in [4.69, 9.17) is 4.74 Å². The SMILES string of the molecule is O=C(O)c1cccc2c1OC(c1ccccc1)C(=O)N2. The normalized spacial score (nSPS) is 16.8. The summed E-state index contributed by atoms with van der Waals surface area (Å²) in [4.78, 5) is 23.3. The third-order valence-corrected chi connectivity index (χ3v) is 3.08. The number of nitrogens with one attached hydrogen (secondary N) is 1. The fourth-order valence-electron chi connectivity index (χ4n) is 2.15. The third kappa shape index (κ3) is 1.99. The Labute approximate surface area is 114 Å². The van der Waals surface area contributed by atoms with Crippen molar-refractivity contribution in [3.8, 4) is 5.75 Å². The van der Waals surface area contributed by atoms with Gasteiger partial charge in [-0.05, 0) is 12.1 Å². The molecule has 0 fully saturated rings. The van der Waals surface area contributed by atoms with Crippen LogP contribution >= 0.6 is 0 Å². The maximum atomic E-state index is 12.1. The smallest absolute Gasteiger partial charge is 0.339 e. The minimum absolute atomic E-state index is 0.0310. The number of carboxylic acid groups (broad SMARTS) is 1. The maximum Gasteiger partial charge on any atom is 0.339 e. The maximum absolute atomic E-state index is 12.1. The molecule has 0 saturated carbocycles. The summed E-state index contributed by atoms with van der Waals surface area (Å²) in [5.41, 5.74) is 1.08. The van der Waals surface area contributed by atoms with Crippen LogP contribution in [0.2, 0.25) is 0 Å². The van der Waals surface area contributed by atoms with E-state index >= 15 is 0 Å². The Balaban J connectivity index is 2.05. The predicted octanol–water partition coefficient (Wildman–Crippen LogP) is 2.46. The molecule has 1 aliphatic heterocycles. The first-order valence-electron chi connectivity index (χ1n) is 6.05. The summed E-state index contributed by atoms with van der Waals surface area (Å²) in [6.07, 6.45) is -0.843. The molecule has 1 aliphatic rings. The van der Waals surface area contributed by atoms with Crippen LogP contribution in [0.25, 0.3) is 0 Å². The van der Waals surface area contributed by atoms with Crippen LogP contribution in [0, 0.1) is 0 Å². The second-order valence-electron chi connectivity index (χ2n) is 4.39. The Morgan fingerprint density at radius 3 is 2.55 bits per heavy atom. The Kier molecular flexibility index (Phi) is 2.87. The van der Waals surface area contributed by atoms with Gasteiger partial charge in [-0.3, -0.25) is 4.79 Å². The van der Waals surface area contributed by atoms with Crippen molar-refractivity contribution in [2.24, 2.45) is 0 Å². The highest BCUT2D eigenvalue weighted by molar-refractivity contribution is 6.02. The Bertz CT molecular complexity index is 682. The molecule has 0 aromatic heterocycles. The number of anilines is 1. The molecule has 1 amide bonds. The summed E-state index contributed by atoms with van der Waals surface area (Å²) in [5, 5.41) is 11.8. The number of hydrogen-bond acceptors (Lipinski definition) is 3. The standard InChI is InChI=1S/C15H11NO4/c17-14-12(9-5-2-1-3-6-9)20-13-10(15(18)19)7-4-8-11(13)16-14/h1-8,12H,(H,16,17)(H,18,19). The molecule has 1 heterocycles. The number of carbonyl (C=O) groups is 2. The van der Waals surface area contributed by atoms with Crippen molar-refractivity contribution in [3.05, 3.63) is 59.7 Å². The Hall–Kier alpha value is -2.82. The highest BCUT2D eigenvalue weighted by Gasteiger charge is 2.31. The molecule has 0 bridgehead atoms. The highest BCUT2D eigenvalue weighted by Crippen LogP contribution is 2.37. The molecular formula is C15H11NO4. The van der Waals surface area contributed by atoms with Gasteiger partial charge in [0.05, 0.1) is 5.69 Å². The van der Waals surface area contributed by atoms with E-state index in [-0.39, 0.29) is 17.2 Å². The van der Waals surface area contributed by atoms with Gasteiger partial charge in [-0.25, -0.2) is 4.79 Å². The van der Waals surface area contributed by atoms with Gasteiger partial charge in [0.2, 0.25) is 6.10 Å². The predicted molar refractivity (Wildman–Crippen MR) is 71.8 cm³/mol. The zero-order valence-corrected chi connectivity index (χ0v) is 10.4. The zero-order valence-electron chi connectivity index (χ0n) is 10.4. The fraction of sp³-hybridized carbons (Fsp3) is 0.0667. The van der Waals surface area contributed by atoms with E-state index in [0.29, 0.717) is 11.3 Å². The minimum atomic E-state index is -1.09. The van der Waals surface area contributed by atoms with E-state index in [1.165, 1.54) is 6.07 Å². The number of ether oxygens (including phenoxy) is 1. The van der Waals surface area contributed by atoms with Gasteiger partial charge in [-0.15, -0.1) is 0 Å². The summed E-state index contributed by atoms with van der Waals surface area (Å²) in [5.74, 6) is -1.22. The largest absolute Gasteiger partial charge is 0.478 e. The summed E-state index contributed by atoms with van der Waals surface area (Å²) in [6.45, 7) is 0. The number of carboxylic acids is 1. The summed E-state index contributed by atoms with van der Waals surface area (Å²) < 4.78 is 5.63. The number of amides is 1. The lowest BCUT2D eigenvalue weighted by Crippen LogP contribution is -2.30. The van der Waals surface area contributed by atoms with Crippen LogP contribution in [0.5, 0.6) is 5.75 Å². The molecule has 0 saturated heterocycles. The van der Waals surface area contributed by atoms with Crippen molar-refractivity contribution >= 4 is 17.6 Å². The summed E-state index contributed by atoms with van der Waals surface area (Å²) in [7, 11) is 0. The molecule has 1 unspecified atom stereocenters. The van der Waals surface area contributed by atoms with Crippen molar-refractivity contribution in [1.29, 1.82) is 0 Å². The van der Waals surface area contributed by atoms with Gasteiger partial charge < -0.3 is 15.2 Å². The van der Waals surface area contributed by atoms with Gasteiger partial charge in [-0.2, -0.15) is 0 Å². The van der Waals surface area contributed by atoms with Gasteiger partial charge in [0.25, 0.3) is 5.91 Å². The number of para-hydroxylation sites is 1. The van der Waals surface area contributed by atoms with Gasteiger partial charge in [0, 0.05) is 5.56 Å². The average molecular weight is 269 g/mol. The van der Waals surface area contributed by atoms with Crippen LogP contribution in [0.4, 0.5) is 5.69 Å². The lowest BCUT2D eigenvalue weighted by atomic mass is 10.1. The zero-order chi connectivity index (χ0) is 14.1. The van der Waals surface area contributed by atoms with Gasteiger partial charge in [-0.1, -0.05) is 36.4 Å². The molecule has 0 radical (unpaired) electrons. The van der Waals surface area contributed by atoms with E-state index in [9.17, 15) is 14.7 Å². The molecular weight excluding hydrogens is 258 g/mol. The van der Waals surface area contributed by atoms with Gasteiger partial charge in [0.15, 0.2) is 5.75 Å². The van der Waals surface area contributed by atoms with Crippen molar-refractivity contribution in [2.75, 3.05) is 5.32 Å². The van der Waals surface area contributed by atoms with Crippen LogP contribution in [0.1, 0.15) is 22.0 Å². The Morgan fingerprint density at radius 1 is 1.10 bits per heavy atom. The van der Waals surface area contributed by atoms with E-state index in [1.54, 1.807) is 36.4 Å². The number of aromatic carboxylic acids is 1. The third-order valence-electron chi connectivity index (χ3n) is 3.08. The van der Waals surface area contributed by atoms with Crippen molar-refractivity contribution in [3.63, 3.8) is 0 Å². The molecule has 5 nitrogen and oxygen atoms in total. The topological polar surface area (TPSA) is 75.6 Å². The number of fused-ring (bicyclic) bond motifs is 1. The van der Waals surface area contributed by atoms with Crippen molar-refractivity contribution in [2.45, 2.75) is 6.10 Å². The lowest BCUT2D eigenvalue weighted by Gasteiger charge is -2.27. The van der Waals surface area contributed by atoms with Crippen LogP contribution in [-0.4, -0.2) is 17.0 Å². The summed E-state index contributed by atoms with van der Waals surface area (Å²) in [6, 6.07) is 13.6. The molecule has 0 spiro atoms. The quantitative estimate of drug-likeness (QED) is 0.878. The second kappa shape index (κ2) is 4.70. The first-order valence-corrected chi connectivity index (χ1v) is 6.05. The molecule has 1 atom stereocenters. The van der Waals surface area contributed by atoms with Gasteiger partial charge >= 0.3 is 5.97 Å². The van der Waals surface area contributed by atoms with Crippen molar-refractivity contribution in [1.82, 2.24) is 0 Å². The second-order valence-corrected chi connectivity index (χ2v) is 4.39. The fourth-order valence-corrected chi connectivity index (χ4v) is 2.15. The molecule has 2 N–H and O–H groups in total. The van der Waals surface area contributed by atoms with E-state index in [0.717, 1.165) is 0 Å². The highest BCUT2D eigenvalue weighted by atomic mass is 16.5. The molecule has 2 aromatic rings. The average Bonchev–Trinajstić information content (AvgIpc) is 2.46. The van der Waals surface area contributed by atoms with E-state index < -0.39 is 12.1 Å². The number of hydrogen-bond donors (Lipinski definition) is 2. The molecule has 0 aliphatic carbocycles.